The van der Waals surface area contributed by atoms with Gasteiger partial charge in [-0.1, -0.05) is 6.92 Å². The summed E-state index contributed by atoms with van der Waals surface area (Å²) in [4.78, 5) is 2.12. The molecule has 0 aromatic carbocycles. The van der Waals surface area contributed by atoms with Crippen molar-refractivity contribution in [3.05, 3.63) is 0 Å². The highest BCUT2D eigenvalue weighted by atomic mass is 16.5. The largest absolute Gasteiger partial charge is 0.363 e. The summed E-state index contributed by atoms with van der Waals surface area (Å²) in [6.45, 7) is 6.97. The molecule has 0 aromatic heterocycles. The van der Waals surface area contributed by atoms with Crippen molar-refractivity contribution < 1.29 is 4.74 Å². The molecule has 4 heteroatoms. The van der Waals surface area contributed by atoms with E-state index in [9.17, 15) is 0 Å². The van der Waals surface area contributed by atoms with Gasteiger partial charge in [-0.25, -0.2) is 5.01 Å². The minimum Gasteiger partial charge on any atom is -0.363 e. The van der Waals surface area contributed by atoms with Crippen molar-refractivity contribution >= 4 is 0 Å². The molecule has 0 fully saturated rings. The quantitative estimate of drug-likeness (QED) is 0.465. The van der Waals surface area contributed by atoms with Gasteiger partial charge in [0.2, 0.25) is 0 Å². The summed E-state index contributed by atoms with van der Waals surface area (Å²) >= 11 is 0. The summed E-state index contributed by atoms with van der Waals surface area (Å²) in [6, 6.07) is 0. The first kappa shape index (κ1) is 13.8. The first-order chi connectivity index (χ1) is 6.65. The lowest BCUT2D eigenvalue weighted by Gasteiger charge is -2.27. The van der Waals surface area contributed by atoms with Crippen LogP contribution in [0.3, 0.4) is 0 Å². The molecular weight excluding hydrogens is 178 g/mol. The molecule has 86 valence electrons. The molecule has 0 amide bonds. The number of nitrogens with zero attached hydrogens (tertiary/aromatic N) is 2. The Morgan fingerprint density at radius 3 is 2.29 bits per heavy atom. The minimum atomic E-state index is 0.224. The first-order valence-electron chi connectivity index (χ1n) is 5.36. The summed E-state index contributed by atoms with van der Waals surface area (Å²) < 4.78 is 5.61. The van der Waals surface area contributed by atoms with E-state index < -0.39 is 0 Å². The third-order valence-electron chi connectivity index (χ3n) is 2.28. The van der Waals surface area contributed by atoms with Crippen LogP contribution in [0.2, 0.25) is 0 Å². The van der Waals surface area contributed by atoms with Crippen molar-refractivity contribution in [2.24, 2.45) is 0 Å². The molecule has 1 atom stereocenters. The van der Waals surface area contributed by atoms with Crippen molar-refractivity contribution in [2.45, 2.75) is 26.5 Å². The predicted molar refractivity (Wildman–Crippen MR) is 60.0 cm³/mol. The second-order valence-electron chi connectivity index (χ2n) is 3.47. The number of hydrogen-bond acceptors (Lipinski definition) is 4. The smallest absolute Gasteiger partial charge is 0.111 e. The van der Waals surface area contributed by atoms with Crippen molar-refractivity contribution in [3.8, 4) is 0 Å². The molecule has 1 N–H and O–H groups in total. The minimum absolute atomic E-state index is 0.224. The average molecular weight is 203 g/mol. The molecule has 0 aliphatic carbocycles. The van der Waals surface area contributed by atoms with E-state index >= 15 is 0 Å². The number of rotatable bonds is 8. The molecule has 0 saturated heterocycles. The monoisotopic (exact) mass is 203 g/mol. The van der Waals surface area contributed by atoms with E-state index in [0.717, 1.165) is 26.1 Å². The lowest BCUT2D eigenvalue weighted by molar-refractivity contribution is -0.0414. The summed E-state index contributed by atoms with van der Waals surface area (Å²) in [5.41, 5.74) is 3.15. The zero-order valence-corrected chi connectivity index (χ0v) is 10.2. The Labute approximate surface area is 88.2 Å². The second-order valence-corrected chi connectivity index (χ2v) is 3.47. The Balaban J connectivity index is 3.79. The van der Waals surface area contributed by atoms with Gasteiger partial charge in [-0.15, -0.1) is 0 Å². The summed E-state index contributed by atoms with van der Waals surface area (Å²) in [6.07, 6.45) is 1.25. The number of ether oxygens (including phenoxy) is 1. The molecule has 0 radical (unpaired) electrons. The van der Waals surface area contributed by atoms with Gasteiger partial charge in [0, 0.05) is 26.1 Å². The molecule has 0 aromatic rings. The Kier molecular flexibility index (Phi) is 8.08. The summed E-state index contributed by atoms with van der Waals surface area (Å²) in [5, 5.41) is 2.18. The van der Waals surface area contributed by atoms with Crippen LogP contribution in [0.15, 0.2) is 0 Å². The van der Waals surface area contributed by atoms with Gasteiger partial charge in [-0.2, -0.15) is 0 Å². The predicted octanol–water partition coefficient (Wildman–Crippen LogP) is 0.757. The van der Waals surface area contributed by atoms with Crippen LogP contribution in [0, 0.1) is 0 Å². The fraction of sp³-hybridized carbons (Fsp3) is 1.00. The van der Waals surface area contributed by atoms with Gasteiger partial charge < -0.3 is 4.74 Å². The van der Waals surface area contributed by atoms with Crippen LogP contribution >= 0.6 is 0 Å². The SMILES string of the molecule is CCOC(CCN(CC)NC)N(C)C. The van der Waals surface area contributed by atoms with E-state index in [-0.39, 0.29) is 6.23 Å². The van der Waals surface area contributed by atoms with Crippen molar-refractivity contribution in [2.75, 3.05) is 40.8 Å². The fourth-order valence-electron chi connectivity index (χ4n) is 1.38. The number of nitrogens with one attached hydrogen (secondary N) is 1. The normalized spacial score (nSPS) is 13.9. The first-order valence-corrected chi connectivity index (χ1v) is 5.36. The van der Waals surface area contributed by atoms with Crippen LogP contribution in [-0.4, -0.2) is 57.0 Å². The van der Waals surface area contributed by atoms with E-state index in [0.29, 0.717) is 0 Å². The van der Waals surface area contributed by atoms with E-state index in [1.807, 2.05) is 14.0 Å². The zero-order valence-electron chi connectivity index (χ0n) is 10.2. The molecule has 0 aliphatic heterocycles. The molecule has 0 bridgehead atoms. The highest BCUT2D eigenvalue weighted by Gasteiger charge is 2.11. The second kappa shape index (κ2) is 8.17. The molecule has 1 unspecified atom stereocenters. The van der Waals surface area contributed by atoms with E-state index in [1.165, 1.54) is 0 Å². The maximum atomic E-state index is 5.61. The molecule has 0 aliphatic rings. The summed E-state index contributed by atoms with van der Waals surface area (Å²) in [5.74, 6) is 0. The van der Waals surface area contributed by atoms with Gasteiger partial charge in [0.1, 0.15) is 6.23 Å². The van der Waals surface area contributed by atoms with Gasteiger partial charge in [-0.05, 0) is 28.1 Å². The van der Waals surface area contributed by atoms with Crippen LogP contribution in [0.5, 0.6) is 0 Å². The molecule has 0 heterocycles. The van der Waals surface area contributed by atoms with Crippen molar-refractivity contribution in [1.29, 1.82) is 0 Å². The lowest BCUT2D eigenvalue weighted by Crippen LogP contribution is -2.40. The van der Waals surface area contributed by atoms with Gasteiger partial charge in [0.25, 0.3) is 0 Å². The van der Waals surface area contributed by atoms with Crippen LogP contribution < -0.4 is 5.43 Å². The zero-order chi connectivity index (χ0) is 11.0. The van der Waals surface area contributed by atoms with Crippen LogP contribution in [0.25, 0.3) is 0 Å². The van der Waals surface area contributed by atoms with Crippen LogP contribution in [0.4, 0.5) is 0 Å². The lowest BCUT2D eigenvalue weighted by atomic mass is 10.3. The van der Waals surface area contributed by atoms with Gasteiger partial charge in [0.05, 0.1) is 0 Å². The third-order valence-corrected chi connectivity index (χ3v) is 2.28. The van der Waals surface area contributed by atoms with E-state index in [1.54, 1.807) is 0 Å². The number of hydrazine groups is 1. The fourth-order valence-corrected chi connectivity index (χ4v) is 1.38. The Morgan fingerprint density at radius 1 is 1.29 bits per heavy atom. The maximum absolute atomic E-state index is 5.61. The highest BCUT2D eigenvalue weighted by molar-refractivity contribution is 4.57. The Morgan fingerprint density at radius 2 is 1.93 bits per heavy atom. The van der Waals surface area contributed by atoms with E-state index in [4.69, 9.17) is 4.74 Å². The standard InChI is InChI=1S/C10H25N3O/c1-6-13(11-3)9-8-10(12(4)5)14-7-2/h10-11H,6-9H2,1-5H3. The highest BCUT2D eigenvalue weighted by Crippen LogP contribution is 2.02. The third kappa shape index (κ3) is 5.54. The number of hydrogen-bond donors (Lipinski definition) is 1. The maximum Gasteiger partial charge on any atom is 0.111 e. The van der Waals surface area contributed by atoms with Crippen LogP contribution in [0.1, 0.15) is 20.3 Å². The molecule has 4 nitrogen and oxygen atoms in total. The van der Waals surface area contributed by atoms with Crippen molar-refractivity contribution in [3.63, 3.8) is 0 Å². The molecule has 14 heavy (non-hydrogen) atoms. The van der Waals surface area contributed by atoms with Gasteiger partial charge in [-0.3, -0.25) is 10.3 Å². The summed E-state index contributed by atoms with van der Waals surface area (Å²) in [7, 11) is 6.06. The molecule has 0 spiro atoms. The van der Waals surface area contributed by atoms with E-state index in [2.05, 4.69) is 36.4 Å². The average Bonchev–Trinajstić information content (AvgIpc) is 2.17. The molecular formula is C10H25N3O. The van der Waals surface area contributed by atoms with Crippen LogP contribution in [-0.2, 0) is 4.74 Å². The van der Waals surface area contributed by atoms with Gasteiger partial charge >= 0.3 is 0 Å². The topological polar surface area (TPSA) is 27.7 Å². The molecule has 0 saturated carbocycles. The molecule has 0 rings (SSSR count). The Hall–Kier alpha value is -0.160. The Bertz CT molecular complexity index is 127. The van der Waals surface area contributed by atoms with Crippen molar-refractivity contribution in [1.82, 2.24) is 15.3 Å². The van der Waals surface area contributed by atoms with Gasteiger partial charge in [0.15, 0.2) is 0 Å².